The normalized spacial score (nSPS) is 21.9. The summed E-state index contributed by atoms with van der Waals surface area (Å²) in [6, 6.07) is 1.83. The molecule has 0 aromatic carbocycles. The van der Waals surface area contributed by atoms with E-state index in [2.05, 4.69) is 4.98 Å². The third-order valence-corrected chi connectivity index (χ3v) is 2.27. The van der Waals surface area contributed by atoms with Gasteiger partial charge >= 0.3 is 0 Å². The largest absolute Gasteiger partial charge is 0.397 e. The lowest BCUT2D eigenvalue weighted by atomic mass is 9.93. The average molecular weight is 164 g/mol. The van der Waals surface area contributed by atoms with Gasteiger partial charge in [-0.1, -0.05) is 0 Å². The molecule has 0 fully saturated rings. The molecule has 1 atom stereocenters. The fourth-order valence-corrected chi connectivity index (χ4v) is 1.64. The summed E-state index contributed by atoms with van der Waals surface area (Å²) in [5, 5.41) is 9.59. The molecule has 0 radical (unpaired) electrons. The van der Waals surface area contributed by atoms with Crippen LogP contribution in [0.25, 0.3) is 0 Å². The molecule has 1 unspecified atom stereocenters. The number of aryl methyl sites for hydroxylation is 1. The Kier molecular flexibility index (Phi) is 1.73. The maximum Gasteiger partial charge on any atom is 0.0808 e. The molecule has 2 rings (SSSR count). The minimum absolute atomic E-state index is 0.357. The van der Waals surface area contributed by atoms with Crippen LogP contribution in [0.15, 0.2) is 12.3 Å². The molecule has 0 bridgehead atoms. The van der Waals surface area contributed by atoms with Gasteiger partial charge in [0.15, 0.2) is 0 Å². The number of nitrogen functional groups attached to an aromatic ring is 1. The lowest BCUT2D eigenvalue weighted by Gasteiger charge is -2.20. The van der Waals surface area contributed by atoms with Crippen molar-refractivity contribution in [3.63, 3.8) is 0 Å². The standard InChI is InChI=1S/C9H12N2O/c10-6-4-7-8(11-5-6)2-1-3-9(7)12/h4-5,9,12H,1-3,10H2. The number of aliphatic hydroxyl groups is 1. The van der Waals surface area contributed by atoms with Crippen LogP contribution >= 0.6 is 0 Å². The predicted octanol–water partition coefficient (Wildman–Crippen LogP) is 1.03. The first-order chi connectivity index (χ1) is 5.77. The monoisotopic (exact) mass is 164 g/mol. The molecule has 3 N–H and O–H groups in total. The van der Waals surface area contributed by atoms with Gasteiger partial charge in [-0.2, -0.15) is 0 Å². The number of nitrogens with zero attached hydrogens (tertiary/aromatic N) is 1. The van der Waals surface area contributed by atoms with Crippen molar-refractivity contribution in [1.29, 1.82) is 0 Å². The molecule has 3 nitrogen and oxygen atoms in total. The zero-order valence-corrected chi connectivity index (χ0v) is 6.83. The van der Waals surface area contributed by atoms with Crippen LogP contribution in [0.2, 0.25) is 0 Å². The molecule has 1 aromatic heterocycles. The van der Waals surface area contributed by atoms with Crippen molar-refractivity contribution in [2.75, 3.05) is 5.73 Å². The zero-order valence-electron chi connectivity index (χ0n) is 6.83. The maximum atomic E-state index is 9.59. The fourth-order valence-electron chi connectivity index (χ4n) is 1.64. The van der Waals surface area contributed by atoms with E-state index in [1.165, 1.54) is 0 Å². The summed E-state index contributed by atoms with van der Waals surface area (Å²) in [6.45, 7) is 0. The van der Waals surface area contributed by atoms with E-state index in [0.29, 0.717) is 5.69 Å². The van der Waals surface area contributed by atoms with Gasteiger partial charge in [0.05, 0.1) is 18.0 Å². The van der Waals surface area contributed by atoms with Gasteiger partial charge in [-0.3, -0.25) is 4.98 Å². The molecule has 0 spiro atoms. The second-order valence-electron chi connectivity index (χ2n) is 3.21. The summed E-state index contributed by atoms with van der Waals surface area (Å²) in [7, 11) is 0. The third kappa shape index (κ3) is 1.16. The Morgan fingerprint density at radius 2 is 2.42 bits per heavy atom. The molecule has 0 saturated carbocycles. The van der Waals surface area contributed by atoms with Crippen LogP contribution in [-0.2, 0) is 6.42 Å². The number of aromatic nitrogens is 1. The van der Waals surface area contributed by atoms with E-state index in [9.17, 15) is 5.11 Å². The Labute approximate surface area is 71.2 Å². The van der Waals surface area contributed by atoms with E-state index in [1.54, 1.807) is 6.20 Å². The minimum atomic E-state index is -0.357. The van der Waals surface area contributed by atoms with Gasteiger partial charge in [0.1, 0.15) is 0 Å². The summed E-state index contributed by atoms with van der Waals surface area (Å²) in [5.41, 5.74) is 8.13. The Hall–Kier alpha value is -1.09. The van der Waals surface area contributed by atoms with Gasteiger partial charge < -0.3 is 10.8 Å². The Morgan fingerprint density at radius 1 is 1.58 bits per heavy atom. The number of fused-ring (bicyclic) bond motifs is 1. The molecule has 0 amide bonds. The summed E-state index contributed by atoms with van der Waals surface area (Å²) >= 11 is 0. The highest BCUT2D eigenvalue weighted by molar-refractivity contribution is 5.41. The summed E-state index contributed by atoms with van der Waals surface area (Å²) < 4.78 is 0. The van der Waals surface area contributed by atoms with Gasteiger partial charge in [-0.05, 0) is 25.3 Å². The minimum Gasteiger partial charge on any atom is -0.397 e. The van der Waals surface area contributed by atoms with Crippen molar-refractivity contribution in [1.82, 2.24) is 4.98 Å². The fraction of sp³-hybridized carbons (Fsp3) is 0.444. The number of hydrogen-bond acceptors (Lipinski definition) is 3. The van der Waals surface area contributed by atoms with Crippen LogP contribution < -0.4 is 5.73 Å². The highest BCUT2D eigenvalue weighted by Crippen LogP contribution is 2.28. The number of rotatable bonds is 0. The lowest BCUT2D eigenvalue weighted by Crippen LogP contribution is -2.11. The Balaban J connectivity index is 2.47. The number of nitrogens with two attached hydrogens (primary N) is 1. The molecule has 1 heterocycles. The molecule has 1 aliphatic rings. The molecular weight excluding hydrogens is 152 g/mol. The van der Waals surface area contributed by atoms with Crippen molar-refractivity contribution in [3.05, 3.63) is 23.5 Å². The molecule has 0 saturated heterocycles. The van der Waals surface area contributed by atoms with Gasteiger partial charge in [-0.25, -0.2) is 0 Å². The van der Waals surface area contributed by atoms with Crippen LogP contribution in [0.5, 0.6) is 0 Å². The van der Waals surface area contributed by atoms with E-state index >= 15 is 0 Å². The smallest absolute Gasteiger partial charge is 0.0808 e. The molecule has 1 aromatic rings. The van der Waals surface area contributed by atoms with Crippen molar-refractivity contribution >= 4 is 5.69 Å². The lowest BCUT2D eigenvalue weighted by molar-refractivity contribution is 0.155. The van der Waals surface area contributed by atoms with Crippen molar-refractivity contribution in [2.45, 2.75) is 25.4 Å². The second-order valence-corrected chi connectivity index (χ2v) is 3.21. The predicted molar refractivity (Wildman–Crippen MR) is 46.5 cm³/mol. The van der Waals surface area contributed by atoms with E-state index in [4.69, 9.17) is 5.73 Å². The van der Waals surface area contributed by atoms with Crippen molar-refractivity contribution in [2.24, 2.45) is 0 Å². The zero-order chi connectivity index (χ0) is 8.55. The van der Waals surface area contributed by atoms with Crippen LogP contribution in [0.1, 0.15) is 30.2 Å². The second kappa shape index (κ2) is 2.75. The van der Waals surface area contributed by atoms with E-state index in [-0.39, 0.29) is 6.10 Å². The highest BCUT2D eigenvalue weighted by atomic mass is 16.3. The molecule has 12 heavy (non-hydrogen) atoms. The highest BCUT2D eigenvalue weighted by Gasteiger charge is 2.18. The first kappa shape index (κ1) is 7.55. The van der Waals surface area contributed by atoms with Crippen molar-refractivity contribution < 1.29 is 5.11 Å². The van der Waals surface area contributed by atoms with E-state index < -0.39 is 0 Å². The average Bonchev–Trinajstić information content (AvgIpc) is 2.07. The van der Waals surface area contributed by atoms with Gasteiger partial charge in [-0.15, -0.1) is 0 Å². The first-order valence-corrected chi connectivity index (χ1v) is 4.20. The molecule has 1 aliphatic carbocycles. The SMILES string of the molecule is Nc1cnc2c(c1)C(O)CCC2. The number of hydrogen-bond donors (Lipinski definition) is 2. The quantitative estimate of drug-likeness (QED) is 0.602. The summed E-state index contributed by atoms with van der Waals surface area (Å²) in [4.78, 5) is 4.18. The molecule has 64 valence electrons. The molecular formula is C9H12N2O. The van der Waals surface area contributed by atoms with Crippen molar-refractivity contribution in [3.8, 4) is 0 Å². The van der Waals surface area contributed by atoms with Gasteiger partial charge in [0.2, 0.25) is 0 Å². The van der Waals surface area contributed by atoms with E-state index in [1.807, 2.05) is 6.07 Å². The Morgan fingerprint density at radius 3 is 3.25 bits per heavy atom. The van der Waals surface area contributed by atoms with E-state index in [0.717, 1.165) is 30.5 Å². The van der Waals surface area contributed by atoms with Crippen LogP contribution in [0.4, 0.5) is 5.69 Å². The third-order valence-electron chi connectivity index (χ3n) is 2.27. The van der Waals surface area contributed by atoms with Gasteiger partial charge in [0, 0.05) is 11.3 Å². The summed E-state index contributed by atoms with van der Waals surface area (Å²) in [5.74, 6) is 0. The first-order valence-electron chi connectivity index (χ1n) is 4.20. The van der Waals surface area contributed by atoms with Gasteiger partial charge in [0.25, 0.3) is 0 Å². The number of aliphatic hydroxyl groups excluding tert-OH is 1. The van der Waals surface area contributed by atoms with Crippen LogP contribution in [-0.4, -0.2) is 10.1 Å². The molecule has 0 aliphatic heterocycles. The summed E-state index contributed by atoms with van der Waals surface area (Å²) in [6.07, 6.45) is 4.11. The number of pyridine rings is 1. The number of anilines is 1. The molecule has 3 heteroatoms. The van der Waals surface area contributed by atoms with Crippen LogP contribution in [0.3, 0.4) is 0 Å². The maximum absolute atomic E-state index is 9.59. The van der Waals surface area contributed by atoms with Crippen LogP contribution in [0, 0.1) is 0 Å². The topological polar surface area (TPSA) is 59.1 Å². The Bertz CT molecular complexity index is 299.